The van der Waals surface area contributed by atoms with Crippen LogP contribution < -0.4 is 10.2 Å². The van der Waals surface area contributed by atoms with Crippen molar-refractivity contribution < 1.29 is 32.5 Å². The van der Waals surface area contributed by atoms with E-state index in [1.54, 1.807) is 18.2 Å². The number of hydrogen-bond donors (Lipinski definition) is 2. The van der Waals surface area contributed by atoms with E-state index in [0.29, 0.717) is 6.61 Å². The Morgan fingerprint density at radius 1 is 1.16 bits per heavy atom. The van der Waals surface area contributed by atoms with Gasteiger partial charge >= 0.3 is 6.09 Å². The normalized spacial score (nSPS) is 21.7. The summed E-state index contributed by atoms with van der Waals surface area (Å²) in [5.41, 5.74) is 1.60. The molecule has 0 spiro atoms. The van der Waals surface area contributed by atoms with Crippen LogP contribution in [-0.4, -0.2) is 93.8 Å². The summed E-state index contributed by atoms with van der Waals surface area (Å²) in [7, 11) is -0.219. The molecule has 3 heterocycles. The minimum absolute atomic E-state index is 0.0103. The lowest BCUT2D eigenvalue weighted by molar-refractivity contribution is -0.0907. The molecule has 2 fully saturated rings. The molecular formula is C30H40N4O7S2. The molecule has 2 aliphatic rings. The second-order valence-corrected chi connectivity index (χ2v) is 14.7. The summed E-state index contributed by atoms with van der Waals surface area (Å²) in [6.07, 6.45) is -1.71. The highest BCUT2D eigenvalue weighted by Gasteiger charge is 2.44. The van der Waals surface area contributed by atoms with E-state index in [0.717, 1.165) is 27.3 Å². The third-order valence-corrected chi connectivity index (χ3v) is 10.7. The minimum Gasteiger partial charge on any atom is -0.443 e. The number of aromatic nitrogens is 1. The van der Waals surface area contributed by atoms with Gasteiger partial charge in [0.05, 0.1) is 46.4 Å². The Morgan fingerprint density at radius 2 is 1.93 bits per heavy atom. The quantitative estimate of drug-likeness (QED) is 0.308. The van der Waals surface area contributed by atoms with Gasteiger partial charge in [-0.1, -0.05) is 55.5 Å². The third-order valence-electron chi connectivity index (χ3n) is 7.64. The number of hydrogen-bond acceptors (Lipinski definition) is 10. The van der Waals surface area contributed by atoms with Gasteiger partial charge in [-0.05, 0) is 42.5 Å². The Kier molecular flexibility index (Phi) is 9.89. The molecule has 3 aromatic rings. The largest absolute Gasteiger partial charge is 0.443 e. The van der Waals surface area contributed by atoms with Crippen LogP contribution in [0.5, 0.6) is 0 Å². The molecule has 0 radical (unpaired) electrons. The molecule has 234 valence electrons. The number of nitrogens with one attached hydrogen (secondary N) is 1. The second-order valence-electron chi connectivity index (χ2n) is 11.7. The van der Waals surface area contributed by atoms with Crippen LogP contribution in [0.3, 0.4) is 0 Å². The Labute approximate surface area is 256 Å². The summed E-state index contributed by atoms with van der Waals surface area (Å²) in [5, 5.41) is 15.1. The fourth-order valence-electron chi connectivity index (χ4n) is 5.43. The summed E-state index contributed by atoms with van der Waals surface area (Å²) in [5.74, 6) is -0.0384. The molecule has 0 aliphatic carbocycles. The van der Waals surface area contributed by atoms with Gasteiger partial charge < -0.3 is 29.5 Å². The smallest absolute Gasteiger partial charge is 0.407 e. The average Bonchev–Trinajstić information content (AvgIpc) is 3.69. The molecule has 1 aromatic heterocycles. The fourth-order valence-corrected chi connectivity index (χ4v) is 8.08. The molecule has 5 atom stereocenters. The van der Waals surface area contributed by atoms with Crippen LogP contribution in [0.4, 0.5) is 9.93 Å². The lowest BCUT2D eigenvalue weighted by Gasteiger charge is -2.31. The first-order valence-corrected chi connectivity index (χ1v) is 16.8. The number of carbonyl (C=O) groups excluding carboxylic acids is 1. The van der Waals surface area contributed by atoms with E-state index in [1.165, 1.54) is 15.6 Å². The molecule has 2 aromatic carbocycles. The lowest BCUT2D eigenvalue weighted by Crippen LogP contribution is -2.51. The zero-order valence-electron chi connectivity index (χ0n) is 24.9. The van der Waals surface area contributed by atoms with Crippen LogP contribution >= 0.6 is 11.3 Å². The van der Waals surface area contributed by atoms with E-state index >= 15 is 0 Å². The van der Waals surface area contributed by atoms with E-state index in [9.17, 15) is 18.3 Å². The van der Waals surface area contributed by atoms with Gasteiger partial charge in [0.25, 0.3) is 0 Å². The van der Waals surface area contributed by atoms with Crippen molar-refractivity contribution in [3.63, 3.8) is 0 Å². The standard InChI is InChI=1S/C30H40N4O7S2/c1-19(2)16-34(43(37,38)21-10-11-23-27(15-21)42-29(31-23)33(3)4)17-25(35)24(14-20-8-6-5-7-9-20)32-30(36)41-26-18-40-28-22(26)12-13-39-28/h5-11,15,19,22,24-26,28,35H,12-14,16-18H2,1-4H3,(H,32,36)/t22-,24-,25+,26-,28+/m0/s1. The molecule has 2 N–H and O–H groups in total. The van der Waals surface area contributed by atoms with Crippen molar-refractivity contribution in [2.45, 2.75) is 56.1 Å². The maximum Gasteiger partial charge on any atom is 0.407 e. The summed E-state index contributed by atoms with van der Waals surface area (Å²) >= 11 is 1.41. The fraction of sp³-hybridized carbons (Fsp3) is 0.533. The highest BCUT2D eigenvalue weighted by Crippen LogP contribution is 2.33. The molecule has 1 amide bonds. The molecule has 0 bridgehead atoms. The number of aliphatic hydroxyl groups excluding tert-OH is 1. The SMILES string of the molecule is CC(C)CN(C[C@@H](O)[C@H](Cc1ccccc1)NC(=O)O[C@H]1CO[C@H]2OCC[C@H]21)S(=O)(=O)c1ccc2nc(N(C)C)sc2c1. The minimum atomic E-state index is -3.99. The van der Waals surface area contributed by atoms with E-state index in [4.69, 9.17) is 14.2 Å². The topological polar surface area (TPSA) is 131 Å². The maximum atomic E-state index is 14.0. The average molecular weight is 633 g/mol. The number of anilines is 1. The summed E-state index contributed by atoms with van der Waals surface area (Å²) in [6.45, 7) is 4.62. The molecule has 0 saturated carbocycles. The third kappa shape index (κ3) is 7.47. The lowest BCUT2D eigenvalue weighted by atomic mass is 10.0. The molecule has 43 heavy (non-hydrogen) atoms. The highest BCUT2D eigenvalue weighted by atomic mass is 32.2. The Morgan fingerprint density at radius 3 is 2.65 bits per heavy atom. The second kappa shape index (κ2) is 13.4. The monoisotopic (exact) mass is 632 g/mol. The van der Waals surface area contributed by atoms with Gasteiger partial charge in [-0.15, -0.1) is 0 Å². The first kappa shape index (κ1) is 31.6. The van der Waals surface area contributed by atoms with E-state index < -0.39 is 34.4 Å². The first-order chi connectivity index (χ1) is 20.5. The predicted molar refractivity (Wildman–Crippen MR) is 165 cm³/mol. The molecular weight excluding hydrogens is 592 g/mol. The Hall–Kier alpha value is -2.81. The number of ether oxygens (including phenoxy) is 3. The van der Waals surface area contributed by atoms with Crippen LogP contribution in [0, 0.1) is 11.8 Å². The van der Waals surface area contributed by atoms with Gasteiger partial charge in [0.15, 0.2) is 11.4 Å². The van der Waals surface area contributed by atoms with Gasteiger partial charge in [0.2, 0.25) is 10.0 Å². The van der Waals surface area contributed by atoms with Crippen LogP contribution in [0.2, 0.25) is 0 Å². The number of amides is 1. The van der Waals surface area contributed by atoms with Gasteiger partial charge in [0, 0.05) is 27.2 Å². The number of rotatable bonds is 12. The molecule has 2 aliphatic heterocycles. The van der Waals surface area contributed by atoms with Crippen molar-refractivity contribution in [3.05, 3.63) is 54.1 Å². The van der Waals surface area contributed by atoms with E-state index in [2.05, 4.69) is 10.3 Å². The van der Waals surface area contributed by atoms with Crippen molar-refractivity contribution in [1.29, 1.82) is 0 Å². The van der Waals surface area contributed by atoms with Gasteiger partial charge in [0.1, 0.15) is 6.10 Å². The van der Waals surface area contributed by atoms with E-state index in [1.807, 2.05) is 63.2 Å². The number of nitrogens with zero attached hydrogens (tertiary/aromatic N) is 3. The first-order valence-electron chi connectivity index (χ1n) is 14.5. The van der Waals surface area contributed by atoms with Crippen molar-refractivity contribution in [3.8, 4) is 0 Å². The number of thiazole rings is 1. The molecule has 11 nitrogen and oxygen atoms in total. The summed E-state index contributed by atoms with van der Waals surface area (Å²) in [6, 6.07) is 13.5. The zero-order valence-corrected chi connectivity index (χ0v) is 26.5. The highest BCUT2D eigenvalue weighted by molar-refractivity contribution is 7.89. The summed E-state index contributed by atoms with van der Waals surface area (Å²) in [4.78, 5) is 19.6. The zero-order chi connectivity index (χ0) is 30.7. The number of benzene rings is 2. The predicted octanol–water partition coefficient (Wildman–Crippen LogP) is 3.47. The van der Waals surface area contributed by atoms with Crippen LogP contribution in [0.15, 0.2) is 53.4 Å². The number of carbonyl (C=O) groups is 1. The van der Waals surface area contributed by atoms with Gasteiger partial charge in [-0.3, -0.25) is 0 Å². The number of alkyl carbamates (subject to hydrolysis) is 1. The number of sulfonamides is 1. The molecule has 5 rings (SSSR count). The van der Waals surface area contributed by atoms with Crippen molar-refractivity contribution in [2.24, 2.45) is 11.8 Å². The molecule has 13 heteroatoms. The van der Waals surface area contributed by atoms with Gasteiger partial charge in [-0.2, -0.15) is 4.31 Å². The number of fused-ring (bicyclic) bond motifs is 2. The Bertz CT molecular complexity index is 1500. The molecule has 2 saturated heterocycles. The van der Waals surface area contributed by atoms with Crippen molar-refractivity contribution in [2.75, 3.05) is 45.3 Å². The van der Waals surface area contributed by atoms with E-state index in [-0.39, 0.29) is 49.1 Å². The summed E-state index contributed by atoms with van der Waals surface area (Å²) < 4.78 is 46.8. The van der Waals surface area contributed by atoms with Crippen LogP contribution in [0.1, 0.15) is 25.8 Å². The van der Waals surface area contributed by atoms with Gasteiger partial charge in [-0.25, -0.2) is 18.2 Å². The van der Waals surface area contributed by atoms with Crippen LogP contribution in [-0.2, 0) is 30.7 Å². The van der Waals surface area contributed by atoms with Crippen molar-refractivity contribution >= 4 is 42.8 Å². The van der Waals surface area contributed by atoms with Crippen LogP contribution in [0.25, 0.3) is 10.2 Å². The number of aliphatic hydroxyl groups is 1. The molecule has 0 unspecified atom stereocenters. The maximum absolute atomic E-state index is 14.0. The van der Waals surface area contributed by atoms with Crippen molar-refractivity contribution in [1.82, 2.24) is 14.6 Å². The Balaban J connectivity index is 1.36.